The third kappa shape index (κ3) is 6.06. The van der Waals surface area contributed by atoms with E-state index in [0.717, 1.165) is 45.4 Å². The number of likely N-dealkylation sites (tertiary alicyclic amines) is 1. The van der Waals surface area contributed by atoms with Crippen molar-refractivity contribution in [3.05, 3.63) is 48.8 Å². The molecule has 3 rings (SSSR count). The third-order valence-electron chi connectivity index (χ3n) is 4.84. The van der Waals surface area contributed by atoms with Crippen LogP contribution in [0.2, 0.25) is 0 Å². The number of nitrogens with one attached hydrogen (secondary N) is 1. The summed E-state index contributed by atoms with van der Waals surface area (Å²) in [5.41, 5.74) is 0. The topological polar surface area (TPSA) is 59.4 Å². The molecule has 1 aliphatic heterocycles. The van der Waals surface area contributed by atoms with E-state index in [0.29, 0.717) is 24.8 Å². The fraction of sp³-hybridized carbons (Fsp3) is 0.500. The molecule has 1 aromatic carbocycles. The molecule has 2 heterocycles. The highest BCUT2D eigenvalue weighted by molar-refractivity contribution is 5.78. The van der Waals surface area contributed by atoms with Crippen LogP contribution in [0.25, 0.3) is 0 Å². The summed E-state index contributed by atoms with van der Waals surface area (Å²) in [6, 6.07) is 6.36. The molecule has 1 N–H and O–H groups in total. The van der Waals surface area contributed by atoms with Gasteiger partial charge in [0.1, 0.15) is 18.2 Å². The Hall–Kier alpha value is -2.41. The van der Waals surface area contributed by atoms with Gasteiger partial charge in [-0.1, -0.05) is 0 Å². The Labute approximate surface area is 159 Å². The van der Waals surface area contributed by atoms with Crippen molar-refractivity contribution in [2.45, 2.75) is 38.3 Å². The fourth-order valence-corrected chi connectivity index (χ4v) is 3.41. The highest BCUT2D eigenvalue weighted by atomic mass is 19.1. The van der Waals surface area contributed by atoms with Gasteiger partial charge in [-0.15, -0.1) is 0 Å². The van der Waals surface area contributed by atoms with E-state index >= 15 is 0 Å². The van der Waals surface area contributed by atoms with Crippen molar-refractivity contribution in [1.82, 2.24) is 19.8 Å². The Kier molecular flexibility index (Phi) is 7.21. The molecular formula is C20H27FN4O2. The normalized spacial score (nSPS) is 16.9. The highest BCUT2D eigenvalue weighted by Crippen LogP contribution is 2.21. The predicted octanol–water partition coefficient (Wildman–Crippen LogP) is 2.46. The number of carbonyl (C=O) groups excluding carboxylic acids is 1. The average molecular weight is 374 g/mol. The molecule has 1 saturated heterocycles. The van der Waals surface area contributed by atoms with Gasteiger partial charge in [0.15, 0.2) is 0 Å². The highest BCUT2D eigenvalue weighted by Gasteiger charge is 2.29. The first-order chi connectivity index (χ1) is 13.2. The van der Waals surface area contributed by atoms with Crippen LogP contribution in [0.3, 0.4) is 0 Å². The third-order valence-corrected chi connectivity index (χ3v) is 4.84. The number of imidazole rings is 1. The lowest BCUT2D eigenvalue weighted by molar-refractivity contribution is -0.129. The number of nitrogens with zero attached hydrogens (tertiary/aromatic N) is 3. The number of halogens is 1. The predicted molar refractivity (Wildman–Crippen MR) is 101 cm³/mol. The lowest BCUT2D eigenvalue weighted by Crippen LogP contribution is -2.36. The monoisotopic (exact) mass is 374 g/mol. The SMILES string of the molecule is O=C1CC[C@@H](CCNCCOc2ccc(F)cc2)N1CCCn1ccnc1. The Balaban J connectivity index is 1.29. The van der Waals surface area contributed by atoms with Gasteiger partial charge < -0.3 is 19.5 Å². The van der Waals surface area contributed by atoms with E-state index in [1.165, 1.54) is 12.1 Å². The minimum atomic E-state index is -0.263. The van der Waals surface area contributed by atoms with E-state index < -0.39 is 0 Å². The van der Waals surface area contributed by atoms with Crippen molar-refractivity contribution < 1.29 is 13.9 Å². The molecule has 0 radical (unpaired) electrons. The summed E-state index contributed by atoms with van der Waals surface area (Å²) in [7, 11) is 0. The fourth-order valence-electron chi connectivity index (χ4n) is 3.41. The van der Waals surface area contributed by atoms with E-state index in [1.807, 2.05) is 15.7 Å². The van der Waals surface area contributed by atoms with Gasteiger partial charge in [-0.2, -0.15) is 0 Å². The lowest BCUT2D eigenvalue weighted by Gasteiger charge is -2.25. The van der Waals surface area contributed by atoms with Gasteiger partial charge >= 0.3 is 0 Å². The maximum absolute atomic E-state index is 12.8. The van der Waals surface area contributed by atoms with E-state index in [-0.39, 0.29) is 11.7 Å². The van der Waals surface area contributed by atoms with Gasteiger partial charge in [0, 0.05) is 44.5 Å². The van der Waals surface area contributed by atoms with Crippen LogP contribution in [0.15, 0.2) is 43.0 Å². The number of benzene rings is 1. The first-order valence-electron chi connectivity index (χ1n) is 9.56. The molecule has 2 aromatic rings. The van der Waals surface area contributed by atoms with Crippen LogP contribution in [0, 0.1) is 5.82 Å². The molecule has 0 bridgehead atoms. The van der Waals surface area contributed by atoms with Crippen LogP contribution in [0.1, 0.15) is 25.7 Å². The Morgan fingerprint density at radius 1 is 1.22 bits per heavy atom. The molecule has 7 heteroatoms. The van der Waals surface area contributed by atoms with Crippen molar-refractivity contribution in [1.29, 1.82) is 0 Å². The standard InChI is InChI=1S/C20H27FN4O2/c21-17-2-5-19(6-3-17)27-15-11-22-9-8-18-4-7-20(26)25(18)13-1-12-24-14-10-23-16-24/h2-3,5-6,10,14,16,18,22H,1,4,7-9,11-13,15H2/t18-/m0/s1. The molecule has 1 amide bonds. The maximum Gasteiger partial charge on any atom is 0.222 e. The number of hydrogen-bond donors (Lipinski definition) is 1. The zero-order chi connectivity index (χ0) is 18.9. The molecule has 146 valence electrons. The second-order valence-electron chi connectivity index (χ2n) is 6.77. The maximum atomic E-state index is 12.8. The van der Waals surface area contributed by atoms with Crippen LogP contribution in [0.4, 0.5) is 4.39 Å². The molecule has 6 nitrogen and oxygen atoms in total. The van der Waals surface area contributed by atoms with E-state index in [4.69, 9.17) is 4.74 Å². The molecule has 0 unspecified atom stereocenters. The van der Waals surface area contributed by atoms with Crippen molar-refractivity contribution in [3.63, 3.8) is 0 Å². The van der Waals surface area contributed by atoms with Crippen LogP contribution in [-0.2, 0) is 11.3 Å². The number of ether oxygens (including phenoxy) is 1. The molecule has 1 atom stereocenters. The number of aromatic nitrogens is 2. The number of aryl methyl sites for hydroxylation is 1. The molecule has 1 aliphatic rings. The zero-order valence-electron chi connectivity index (χ0n) is 15.5. The van der Waals surface area contributed by atoms with E-state index in [2.05, 4.69) is 10.3 Å². The zero-order valence-corrected chi connectivity index (χ0v) is 15.5. The summed E-state index contributed by atoms with van der Waals surface area (Å²) in [4.78, 5) is 18.2. The summed E-state index contributed by atoms with van der Waals surface area (Å²) in [6.07, 6.45) is 9.02. The van der Waals surface area contributed by atoms with Crippen LogP contribution < -0.4 is 10.1 Å². The van der Waals surface area contributed by atoms with Gasteiger partial charge in [0.05, 0.1) is 6.33 Å². The number of hydrogen-bond acceptors (Lipinski definition) is 4. The summed E-state index contributed by atoms with van der Waals surface area (Å²) in [5.74, 6) is 0.676. The van der Waals surface area contributed by atoms with Crippen molar-refractivity contribution in [3.8, 4) is 5.75 Å². The summed E-state index contributed by atoms with van der Waals surface area (Å²) in [5, 5.41) is 3.36. The molecule has 0 saturated carbocycles. The number of amides is 1. The largest absolute Gasteiger partial charge is 0.492 e. The lowest BCUT2D eigenvalue weighted by atomic mass is 10.1. The van der Waals surface area contributed by atoms with Gasteiger partial charge in [-0.25, -0.2) is 9.37 Å². The van der Waals surface area contributed by atoms with Crippen molar-refractivity contribution >= 4 is 5.91 Å². The summed E-state index contributed by atoms with van der Waals surface area (Å²) >= 11 is 0. The Bertz CT molecular complexity index is 691. The molecule has 27 heavy (non-hydrogen) atoms. The van der Waals surface area contributed by atoms with E-state index in [1.54, 1.807) is 24.7 Å². The van der Waals surface area contributed by atoms with Crippen LogP contribution >= 0.6 is 0 Å². The van der Waals surface area contributed by atoms with Crippen molar-refractivity contribution in [2.24, 2.45) is 0 Å². The minimum Gasteiger partial charge on any atom is -0.492 e. The smallest absolute Gasteiger partial charge is 0.222 e. The molecule has 1 fully saturated rings. The first-order valence-corrected chi connectivity index (χ1v) is 9.56. The molecule has 0 aliphatic carbocycles. The van der Waals surface area contributed by atoms with Gasteiger partial charge in [0.25, 0.3) is 0 Å². The van der Waals surface area contributed by atoms with E-state index in [9.17, 15) is 9.18 Å². The quantitative estimate of drug-likeness (QED) is 0.614. The van der Waals surface area contributed by atoms with Crippen molar-refractivity contribution in [2.75, 3.05) is 26.2 Å². The number of carbonyl (C=O) groups is 1. The van der Waals surface area contributed by atoms with Gasteiger partial charge in [-0.05, 0) is 50.1 Å². The van der Waals surface area contributed by atoms with Gasteiger partial charge in [-0.3, -0.25) is 4.79 Å². The average Bonchev–Trinajstić information content (AvgIpc) is 3.31. The molecule has 1 aromatic heterocycles. The molecule has 0 spiro atoms. The summed E-state index contributed by atoms with van der Waals surface area (Å²) < 4.78 is 20.4. The van der Waals surface area contributed by atoms with Gasteiger partial charge in [0.2, 0.25) is 5.91 Å². The van der Waals surface area contributed by atoms with Crippen LogP contribution in [0.5, 0.6) is 5.75 Å². The second kappa shape index (κ2) is 10.1. The Morgan fingerprint density at radius 2 is 2.07 bits per heavy atom. The van der Waals surface area contributed by atoms with Crippen LogP contribution in [-0.4, -0.2) is 52.6 Å². The number of rotatable bonds is 11. The first kappa shape index (κ1) is 19.4. The molecular weight excluding hydrogens is 347 g/mol. The Morgan fingerprint density at radius 3 is 2.85 bits per heavy atom. The second-order valence-corrected chi connectivity index (χ2v) is 6.77. The minimum absolute atomic E-state index is 0.263. The summed E-state index contributed by atoms with van der Waals surface area (Å²) in [6.45, 7) is 3.79.